The molecule has 1 aromatic rings. The fraction of sp³-hybridized carbons (Fsp3) is 0.222. The Morgan fingerprint density at radius 1 is 1.46 bits per heavy atom. The van der Waals surface area contributed by atoms with Crippen molar-refractivity contribution < 1.29 is 9.53 Å². The molecule has 0 unspecified atom stereocenters. The average molecular weight is 180 g/mol. The molecular formula is C9H12N2O2. The zero-order valence-electron chi connectivity index (χ0n) is 7.19. The quantitative estimate of drug-likeness (QED) is 0.691. The summed E-state index contributed by atoms with van der Waals surface area (Å²) in [5.41, 5.74) is 10.8. The van der Waals surface area contributed by atoms with Gasteiger partial charge in [-0.1, -0.05) is 6.07 Å². The second kappa shape index (κ2) is 4.47. The van der Waals surface area contributed by atoms with Gasteiger partial charge in [0.2, 0.25) is 5.91 Å². The number of benzene rings is 1. The van der Waals surface area contributed by atoms with Crippen molar-refractivity contribution in [3.05, 3.63) is 29.8 Å². The predicted octanol–water partition coefficient (Wildman–Crippen LogP) is 0.123. The summed E-state index contributed by atoms with van der Waals surface area (Å²) in [4.78, 5) is 10.8. The number of primary amides is 1. The van der Waals surface area contributed by atoms with Crippen molar-refractivity contribution in [1.29, 1.82) is 0 Å². The highest BCUT2D eigenvalue weighted by molar-refractivity contribution is 5.93. The lowest BCUT2D eigenvalue weighted by molar-refractivity contribution is 0.1000. The molecule has 0 radical (unpaired) electrons. The summed E-state index contributed by atoms with van der Waals surface area (Å²) in [5, 5.41) is 0. The van der Waals surface area contributed by atoms with Gasteiger partial charge in [-0.25, -0.2) is 0 Å². The van der Waals surface area contributed by atoms with E-state index in [1.807, 2.05) is 0 Å². The van der Waals surface area contributed by atoms with Crippen molar-refractivity contribution in [2.75, 3.05) is 13.2 Å². The lowest BCUT2D eigenvalue weighted by Gasteiger charge is -2.04. The summed E-state index contributed by atoms with van der Waals surface area (Å²) < 4.78 is 5.21. The minimum Gasteiger partial charge on any atom is -0.492 e. The van der Waals surface area contributed by atoms with Gasteiger partial charge in [-0.05, 0) is 18.2 Å². The second-order valence-electron chi connectivity index (χ2n) is 2.53. The van der Waals surface area contributed by atoms with Crippen LogP contribution in [0, 0.1) is 0 Å². The third-order valence-corrected chi connectivity index (χ3v) is 1.51. The molecule has 0 spiro atoms. The number of carbonyl (C=O) groups excluding carboxylic acids is 1. The zero-order chi connectivity index (χ0) is 9.68. The smallest absolute Gasteiger partial charge is 0.248 e. The Kier molecular flexibility index (Phi) is 3.28. The molecule has 0 bridgehead atoms. The first-order valence-corrected chi connectivity index (χ1v) is 3.97. The van der Waals surface area contributed by atoms with Gasteiger partial charge in [0.15, 0.2) is 0 Å². The Bertz CT molecular complexity index is 299. The van der Waals surface area contributed by atoms with E-state index in [0.717, 1.165) is 0 Å². The van der Waals surface area contributed by atoms with E-state index in [1.165, 1.54) is 0 Å². The summed E-state index contributed by atoms with van der Waals surface area (Å²) in [7, 11) is 0. The van der Waals surface area contributed by atoms with Crippen LogP contribution < -0.4 is 16.2 Å². The molecular weight excluding hydrogens is 168 g/mol. The fourth-order valence-electron chi connectivity index (χ4n) is 0.916. The number of ether oxygens (including phenoxy) is 1. The molecule has 0 saturated heterocycles. The predicted molar refractivity (Wildman–Crippen MR) is 49.5 cm³/mol. The van der Waals surface area contributed by atoms with Crippen molar-refractivity contribution in [1.82, 2.24) is 0 Å². The minimum atomic E-state index is -0.460. The molecule has 4 nitrogen and oxygen atoms in total. The largest absolute Gasteiger partial charge is 0.492 e. The Balaban J connectivity index is 2.73. The first kappa shape index (κ1) is 9.54. The van der Waals surface area contributed by atoms with Crippen molar-refractivity contribution >= 4 is 5.91 Å². The monoisotopic (exact) mass is 180 g/mol. The van der Waals surface area contributed by atoms with Crippen molar-refractivity contribution in [2.45, 2.75) is 0 Å². The molecule has 70 valence electrons. The number of carbonyl (C=O) groups is 1. The summed E-state index contributed by atoms with van der Waals surface area (Å²) >= 11 is 0. The number of amides is 1. The van der Waals surface area contributed by atoms with E-state index in [1.54, 1.807) is 24.3 Å². The lowest BCUT2D eigenvalue weighted by atomic mass is 10.2. The maximum absolute atomic E-state index is 10.8. The van der Waals surface area contributed by atoms with E-state index >= 15 is 0 Å². The average Bonchev–Trinajstić information content (AvgIpc) is 2.15. The Morgan fingerprint density at radius 2 is 2.23 bits per heavy atom. The third-order valence-electron chi connectivity index (χ3n) is 1.51. The standard InChI is InChI=1S/C9H12N2O2/c10-4-5-13-8-3-1-2-7(6-8)9(11)12/h1-3,6H,4-5,10H2,(H2,11,12). The molecule has 4 N–H and O–H groups in total. The van der Waals surface area contributed by atoms with Crippen molar-refractivity contribution in [3.63, 3.8) is 0 Å². The maximum atomic E-state index is 10.8. The molecule has 1 aromatic carbocycles. The second-order valence-corrected chi connectivity index (χ2v) is 2.53. The molecule has 0 saturated carbocycles. The van der Waals surface area contributed by atoms with Crippen LogP contribution in [0.5, 0.6) is 5.75 Å². The van der Waals surface area contributed by atoms with Gasteiger partial charge in [-0.3, -0.25) is 4.79 Å². The Hall–Kier alpha value is -1.55. The normalized spacial score (nSPS) is 9.62. The van der Waals surface area contributed by atoms with Crippen LogP contribution in [-0.4, -0.2) is 19.1 Å². The Labute approximate surface area is 76.5 Å². The van der Waals surface area contributed by atoms with E-state index in [9.17, 15) is 4.79 Å². The summed E-state index contributed by atoms with van der Waals surface area (Å²) in [6.45, 7) is 0.878. The first-order valence-electron chi connectivity index (χ1n) is 3.97. The highest BCUT2D eigenvalue weighted by Gasteiger charge is 2.00. The van der Waals surface area contributed by atoms with E-state index in [4.69, 9.17) is 16.2 Å². The van der Waals surface area contributed by atoms with Crippen LogP contribution in [0.2, 0.25) is 0 Å². The van der Waals surface area contributed by atoms with Crippen LogP contribution in [0.15, 0.2) is 24.3 Å². The molecule has 0 heterocycles. The molecule has 0 fully saturated rings. The maximum Gasteiger partial charge on any atom is 0.248 e. The topological polar surface area (TPSA) is 78.3 Å². The van der Waals surface area contributed by atoms with E-state index in [2.05, 4.69) is 0 Å². The molecule has 4 heteroatoms. The molecule has 1 rings (SSSR count). The highest BCUT2D eigenvalue weighted by Crippen LogP contribution is 2.12. The summed E-state index contributed by atoms with van der Waals surface area (Å²) in [5.74, 6) is 0.153. The number of hydrogen-bond acceptors (Lipinski definition) is 3. The van der Waals surface area contributed by atoms with Gasteiger partial charge >= 0.3 is 0 Å². The fourth-order valence-corrected chi connectivity index (χ4v) is 0.916. The van der Waals surface area contributed by atoms with E-state index < -0.39 is 5.91 Å². The first-order chi connectivity index (χ1) is 6.24. The van der Waals surface area contributed by atoms with Crippen LogP contribution in [-0.2, 0) is 0 Å². The zero-order valence-corrected chi connectivity index (χ0v) is 7.19. The lowest BCUT2D eigenvalue weighted by Crippen LogP contribution is -2.13. The molecule has 0 aliphatic heterocycles. The molecule has 0 atom stereocenters. The Morgan fingerprint density at radius 3 is 2.85 bits per heavy atom. The molecule has 0 aliphatic rings. The van der Waals surface area contributed by atoms with E-state index in [-0.39, 0.29) is 0 Å². The summed E-state index contributed by atoms with van der Waals surface area (Å²) in [6, 6.07) is 6.70. The summed E-state index contributed by atoms with van der Waals surface area (Å²) in [6.07, 6.45) is 0. The van der Waals surface area contributed by atoms with Gasteiger partial charge in [0.25, 0.3) is 0 Å². The van der Waals surface area contributed by atoms with Crippen LogP contribution in [0.4, 0.5) is 0 Å². The van der Waals surface area contributed by atoms with Crippen LogP contribution in [0.1, 0.15) is 10.4 Å². The van der Waals surface area contributed by atoms with Crippen LogP contribution in [0.3, 0.4) is 0 Å². The molecule has 0 aromatic heterocycles. The van der Waals surface area contributed by atoms with Crippen LogP contribution in [0.25, 0.3) is 0 Å². The van der Waals surface area contributed by atoms with Gasteiger partial charge in [0.1, 0.15) is 12.4 Å². The SMILES string of the molecule is NCCOc1cccc(C(N)=O)c1. The molecule has 1 amide bonds. The third kappa shape index (κ3) is 2.76. The molecule has 0 aliphatic carbocycles. The van der Waals surface area contributed by atoms with Gasteiger partial charge in [-0.2, -0.15) is 0 Å². The number of rotatable bonds is 4. The van der Waals surface area contributed by atoms with Crippen molar-refractivity contribution in [3.8, 4) is 5.75 Å². The molecule has 13 heavy (non-hydrogen) atoms. The van der Waals surface area contributed by atoms with Crippen LogP contribution >= 0.6 is 0 Å². The minimum absolute atomic E-state index is 0.433. The van der Waals surface area contributed by atoms with Gasteiger partial charge in [0.05, 0.1) is 0 Å². The van der Waals surface area contributed by atoms with Gasteiger partial charge in [-0.15, -0.1) is 0 Å². The van der Waals surface area contributed by atoms with Crippen molar-refractivity contribution in [2.24, 2.45) is 11.5 Å². The van der Waals surface area contributed by atoms with E-state index in [0.29, 0.717) is 24.5 Å². The number of nitrogens with two attached hydrogens (primary N) is 2. The van der Waals surface area contributed by atoms with Gasteiger partial charge in [0, 0.05) is 12.1 Å². The van der Waals surface area contributed by atoms with Gasteiger partial charge < -0.3 is 16.2 Å². The highest BCUT2D eigenvalue weighted by atomic mass is 16.5. The number of hydrogen-bond donors (Lipinski definition) is 2.